The fraction of sp³-hybridized carbons (Fsp3) is 0.500. The van der Waals surface area contributed by atoms with E-state index in [1.54, 1.807) is 35.1 Å². The number of aromatic nitrogens is 2. The molecule has 1 aromatic heterocycles. The lowest BCUT2D eigenvalue weighted by atomic mass is 9.97. The van der Waals surface area contributed by atoms with Gasteiger partial charge in [-0.3, -0.25) is 9.48 Å². The first-order valence-electron chi connectivity index (χ1n) is 9.64. The molecular weight excluding hydrogens is 376 g/mol. The molecule has 0 radical (unpaired) electrons. The Hall–Kier alpha value is -2.19. The molecule has 0 aliphatic carbocycles. The number of carbonyl (C=O) groups is 1. The van der Waals surface area contributed by atoms with Gasteiger partial charge in [0.1, 0.15) is 0 Å². The van der Waals surface area contributed by atoms with Crippen molar-refractivity contribution >= 4 is 15.7 Å². The van der Waals surface area contributed by atoms with Gasteiger partial charge in [0.25, 0.3) is 5.91 Å². The van der Waals surface area contributed by atoms with E-state index in [1.165, 1.54) is 0 Å². The molecule has 1 aliphatic heterocycles. The fourth-order valence-corrected chi connectivity index (χ4v) is 4.77. The van der Waals surface area contributed by atoms with Crippen LogP contribution < -0.4 is 5.32 Å². The van der Waals surface area contributed by atoms with Crippen LogP contribution in [-0.2, 0) is 16.9 Å². The molecule has 152 valence electrons. The molecule has 3 rings (SSSR count). The van der Waals surface area contributed by atoms with E-state index in [1.807, 2.05) is 20.0 Å². The molecular formula is C20H28N4O3S. The van der Waals surface area contributed by atoms with E-state index in [4.69, 9.17) is 0 Å². The van der Waals surface area contributed by atoms with Gasteiger partial charge in [0, 0.05) is 25.8 Å². The smallest absolute Gasteiger partial charge is 0.254 e. The van der Waals surface area contributed by atoms with Crippen molar-refractivity contribution in [3.63, 3.8) is 0 Å². The van der Waals surface area contributed by atoms with Crippen LogP contribution in [0.1, 0.15) is 28.9 Å². The van der Waals surface area contributed by atoms with Crippen molar-refractivity contribution < 1.29 is 13.2 Å². The summed E-state index contributed by atoms with van der Waals surface area (Å²) in [4.78, 5) is 14.9. The van der Waals surface area contributed by atoms with Gasteiger partial charge in [-0.05, 0) is 50.9 Å². The number of sulfone groups is 1. The van der Waals surface area contributed by atoms with Crippen LogP contribution in [0.3, 0.4) is 0 Å². The number of amides is 1. The molecule has 8 heteroatoms. The largest absolute Gasteiger partial charge is 0.352 e. The number of nitrogens with zero attached hydrogens (tertiary/aromatic N) is 3. The zero-order chi connectivity index (χ0) is 20.1. The van der Waals surface area contributed by atoms with Gasteiger partial charge >= 0.3 is 0 Å². The number of rotatable bonds is 7. The van der Waals surface area contributed by atoms with Gasteiger partial charge in [-0.1, -0.05) is 18.2 Å². The summed E-state index contributed by atoms with van der Waals surface area (Å²) in [6.45, 7) is 4.78. The number of hydrogen-bond acceptors (Lipinski definition) is 5. The van der Waals surface area contributed by atoms with E-state index in [0.29, 0.717) is 29.5 Å². The number of carbonyl (C=O) groups excluding carboxylic acids is 1. The van der Waals surface area contributed by atoms with Crippen molar-refractivity contribution in [1.29, 1.82) is 0 Å². The lowest BCUT2D eigenvalue weighted by molar-refractivity contribution is 0.0936. The van der Waals surface area contributed by atoms with E-state index in [9.17, 15) is 13.2 Å². The van der Waals surface area contributed by atoms with Gasteiger partial charge < -0.3 is 10.2 Å². The number of benzene rings is 1. The van der Waals surface area contributed by atoms with Crippen LogP contribution in [-0.4, -0.2) is 60.9 Å². The summed E-state index contributed by atoms with van der Waals surface area (Å²) in [6.07, 6.45) is 3.51. The molecule has 0 bridgehead atoms. The average Bonchev–Trinajstić information content (AvgIpc) is 3.05. The van der Waals surface area contributed by atoms with Crippen LogP contribution in [0.15, 0.2) is 41.4 Å². The van der Waals surface area contributed by atoms with E-state index in [2.05, 4.69) is 15.3 Å². The summed E-state index contributed by atoms with van der Waals surface area (Å²) in [5.74, 6) is 0.475. The Morgan fingerprint density at radius 3 is 2.50 bits per heavy atom. The second-order valence-corrected chi connectivity index (χ2v) is 9.50. The third-order valence-corrected chi connectivity index (χ3v) is 7.23. The Bertz CT molecular complexity index is 901. The lowest BCUT2D eigenvalue weighted by Gasteiger charge is -2.31. The van der Waals surface area contributed by atoms with Gasteiger partial charge in [-0.15, -0.1) is 0 Å². The average molecular weight is 405 g/mol. The predicted molar refractivity (Wildman–Crippen MR) is 108 cm³/mol. The summed E-state index contributed by atoms with van der Waals surface area (Å²) in [6, 6.07) is 8.61. The van der Waals surface area contributed by atoms with E-state index in [-0.39, 0.29) is 11.7 Å². The molecule has 0 unspecified atom stereocenters. The van der Waals surface area contributed by atoms with Gasteiger partial charge in [0.2, 0.25) is 0 Å². The fourth-order valence-electron chi connectivity index (χ4n) is 3.46. The van der Waals surface area contributed by atoms with Crippen molar-refractivity contribution in [2.24, 2.45) is 13.0 Å². The Balaban J connectivity index is 1.41. The molecule has 1 amide bonds. The van der Waals surface area contributed by atoms with Crippen molar-refractivity contribution in [3.05, 3.63) is 47.8 Å². The summed E-state index contributed by atoms with van der Waals surface area (Å²) >= 11 is 0. The van der Waals surface area contributed by atoms with Gasteiger partial charge in [0.05, 0.1) is 22.4 Å². The Morgan fingerprint density at radius 2 is 1.89 bits per heavy atom. The number of hydrogen-bond donors (Lipinski definition) is 1. The summed E-state index contributed by atoms with van der Waals surface area (Å²) in [5.41, 5.74) is 1.47. The minimum atomic E-state index is -3.23. The highest BCUT2D eigenvalue weighted by Gasteiger charge is 2.22. The first-order chi connectivity index (χ1) is 13.4. The second kappa shape index (κ2) is 8.87. The first kappa shape index (κ1) is 20.5. The third-order valence-electron chi connectivity index (χ3n) is 5.52. The Morgan fingerprint density at radius 1 is 1.21 bits per heavy atom. The van der Waals surface area contributed by atoms with Gasteiger partial charge in [-0.2, -0.15) is 5.10 Å². The van der Waals surface area contributed by atoms with E-state index in [0.717, 1.165) is 31.6 Å². The molecule has 1 N–H and O–H groups in total. The molecule has 0 saturated carbocycles. The minimum Gasteiger partial charge on any atom is -0.352 e. The maximum Gasteiger partial charge on any atom is 0.254 e. The molecule has 0 atom stereocenters. The standard InChI is InChI=1S/C20H28N4O3S/c1-16-19(15-22-23(16)2)20(25)21-14-17-8-10-24(11-9-17)12-13-28(26,27)18-6-4-3-5-7-18/h3-7,15,17H,8-14H2,1-2H3,(H,21,25). The highest BCUT2D eigenvalue weighted by atomic mass is 32.2. The first-order valence-corrected chi connectivity index (χ1v) is 11.3. The molecule has 2 aromatic rings. The topological polar surface area (TPSA) is 84.3 Å². The Labute approximate surface area is 166 Å². The monoisotopic (exact) mass is 404 g/mol. The highest BCUT2D eigenvalue weighted by Crippen LogP contribution is 2.18. The van der Waals surface area contributed by atoms with Crippen molar-refractivity contribution in [1.82, 2.24) is 20.0 Å². The molecule has 1 aliphatic rings. The number of piperidine rings is 1. The maximum atomic E-state index is 12.4. The summed E-state index contributed by atoms with van der Waals surface area (Å²) in [5, 5.41) is 7.11. The summed E-state index contributed by atoms with van der Waals surface area (Å²) < 4.78 is 26.5. The summed E-state index contributed by atoms with van der Waals surface area (Å²) in [7, 11) is -1.41. The predicted octanol–water partition coefficient (Wildman–Crippen LogP) is 1.64. The molecule has 1 aromatic carbocycles. The van der Waals surface area contributed by atoms with Gasteiger partial charge in [-0.25, -0.2) is 8.42 Å². The van der Waals surface area contributed by atoms with Crippen molar-refractivity contribution in [2.75, 3.05) is 31.9 Å². The quantitative estimate of drug-likeness (QED) is 0.758. The number of likely N-dealkylation sites (tertiary alicyclic amines) is 1. The molecule has 7 nitrogen and oxygen atoms in total. The SMILES string of the molecule is Cc1c(C(=O)NCC2CCN(CCS(=O)(=O)c3ccccc3)CC2)cnn1C. The van der Waals surface area contributed by atoms with Gasteiger partial charge in [0.15, 0.2) is 9.84 Å². The molecule has 0 spiro atoms. The lowest BCUT2D eigenvalue weighted by Crippen LogP contribution is -2.40. The van der Waals surface area contributed by atoms with Crippen LogP contribution in [0.5, 0.6) is 0 Å². The third kappa shape index (κ3) is 4.99. The van der Waals surface area contributed by atoms with Crippen LogP contribution in [0.25, 0.3) is 0 Å². The van der Waals surface area contributed by atoms with Crippen molar-refractivity contribution in [3.8, 4) is 0 Å². The van der Waals surface area contributed by atoms with Crippen LogP contribution >= 0.6 is 0 Å². The number of nitrogens with one attached hydrogen (secondary N) is 1. The molecule has 1 fully saturated rings. The number of aryl methyl sites for hydroxylation is 1. The van der Waals surface area contributed by atoms with Crippen LogP contribution in [0, 0.1) is 12.8 Å². The van der Waals surface area contributed by atoms with E-state index < -0.39 is 9.84 Å². The second-order valence-electron chi connectivity index (χ2n) is 7.39. The molecule has 1 saturated heterocycles. The maximum absolute atomic E-state index is 12.4. The zero-order valence-corrected chi connectivity index (χ0v) is 17.3. The minimum absolute atomic E-state index is 0.0815. The zero-order valence-electron chi connectivity index (χ0n) is 16.5. The Kier molecular flexibility index (Phi) is 6.51. The van der Waals surface area contributed by atoms with Crippen LogP contribution in [0.2, 0.25) is 0 Å². The normalized spacial score (nSPS) is 16.2. The highest BCUT2D eigenvalue weighted by molar-refractivity contribution is 7.91. The molecule has 28 heavy (non-hydrogen) atoms. The van der Waals surface area contributed by atoms with Crippen LogP contribution in [0.4, 0.5) is 0 Å². The van der Waals surface area contributed by atoms with Crippen molar-refractivity contribution in [2.45, 2.75) is 24.7 Å². The van der Waals surface area contributed by atoms with E-state index >= 15 is 0 Å². The molecule has 2 heterocycles.